The number of nitrogens with zero attached hydrogens (tertiary/aromatic N) is 2. The third kappa shape index (κ3) is 5.03. The molecule has 19 heavy (non-hydrogen) atoms. The van der Waals surface area contributed by atoms with Gasteiger partial charge in [-0.05, 0) is 37.7 Å². The maximum absolute atomic E-state index is 12.0. The molecule has 0 saturated carbocycles. The van der Waals surface area contributed by atoms with E-state index in [1.807, 2.05) is 14.0 Å². The van der Waals surface area contributed by atoms with Crippen molar-refractivity contribution in [1.82, 2.24) is 15.1 Å². The molecule has 1 atom stereocenters. The van der Waals surface area contributed by atoms with Crippen molar-refractivity contribution in [3.63, 3.8) is 0 Å². The topological polar surface area (TPSA) is 67.2 Å². The van der Waals surface area contributed by atoms with Crippen LogP contribution in [0.5, 0.6) is 0 Å². The van der Waals surface area contributed by atoms with Crippen LogP contribution in [0.1, 0.15) is 42.9 Å². The van der Waals surface area contributed by atoms with Crippen molar-refractivity contribution in [1.29, 1.82) is 0 Å². The van der Waals surface area contributed by atoms with E-state index < -0.39 is 0 Å². The number of rotatable bonds is 7. The van der Waals surface area contributed by atoms with Gasteiger partial charge in [0.25, 0.3) is 5.91 Å². The molecule has 0 aromatic carbocycles. The predicted octanol–water partition coefficient (Wildman–Crippen LogP) is 1.50. The van der Waals surface area contributed by atoms with Gasteiger partial charge in [-0.25, -0.2) is 0 Å². The molecule has 0 radical (unpaired) electrons. The summed E-state index contributed by atoms with van der Waals surface area (Å²) in [5, 5.41) is 16.1. The number of aliphatic hydroxyl groups is 1. The first-order valence-electron chi connectivity index (χ1n) is 6.83. The number of aromatic nitrogens is 2. The molecule has 0 aliphatic carbocycles. The first kappa shape index (κ1) is 15.7. The van der Waals surface area contributed by atoms with Gasteiger partial charge in [-0.15, -0.1) is 0 Å². The minimum absolute atomic E-state index is 0.143. The molecule has 1 aromatic heterocycles. The summed E-state index contributed by atoms with van der Waals surface area (Å²) >= 11 is 0. The Morgan fingerprint density at radius 1 is 1.53 bits per heavy atom. The van der Waals surface area contributed by atoms with E-state index in [1.54, 1.807) is 10.7 Å². The highest BCUT2D eigenvalue weighted by atomic mass is 16.3. The standard InChI is InChI=1S/C14H25N3O2/c1-10(2)7-12(5-6-18)9-15-14(19)13-8-11(3)17(4)16-13/h8,10,12,18H,5-7,9H2,1-4H3,(H,15,19). The molecule has 1 unspecified atom stereocenters. The molecule has 5 heteroatoms. The lowest BCUT2D eigenvalue weighted by Gasteiger charge is -2.18. The summed E-state index contributed by atoms with van der Waals surface area (Å²) in [5.41, 5.74) is 1.41. The summed E-state index contributed by atoms with van der Waals surface area (Å²) < 4.78 is 1.69. The Hall–Kier alpha value is -1.36. The third-order valence-corrected chi connectivity index (χ3v) is 3.24. The Kier molecular flexibility index (Phi) is 6.02. The minimum Gasteiger partial charge on any atom is -0.396 e. The summed E-state index contributed by atoms with van der Waals surface area (Å²) in [7, 11) is 1.82. The van der Waals surface area contributed by atoms with Crippen LogP contribution in [0.15, 0.2) is 6.07 Å². The molecule has 1 amide bonds. The molecule has 0 fully saturated rings. The van der Waals surface area contributed by atoms with Gasteiger partial charge in [0.15, 0.2) is 0 Å². The Labute approximate surface area is 115 Å². The van der Waals surface area contributed by atoms with Crippen LogP contribution in [0.2, 0.25) is 0 Å². The lowest BCUT2D eigenvalue weighted by Crippen LogP contribution is -2.30. The fourth-order valence-electron chi connectivity index (χ4n) is 2.15. The predicted molar refractivity (Wildman–Crippen MR) is 74.9 cm³/mol. The number of hydrogen-bond donors (Lipinski definition) is 2. The monoisotopic (exact) mass is 267 g/mol. The molecule has 1 rings (SSSR count). The van der Waals surface area contributed by atoms with Gasteiger partial charge >= 0.3 is 0 Å². The number of aliphatic hydroxyl groups excluding tert-OH is 1. The number of nitrogens with one attached hydrogen (secondary N) is 1. The SMILES string of the molecule is Cc1cc(C(=O)NCC(CCO)CC(C)C)nn1C. The maximum atomic E-state index is 12.0. The molecule has 5 nitrogen and oxygen atoms in total. The first-order valence-corrected chi connectivity index (χ1v) is 6.83. The molecule has 1 heterocycles. The van der Waals surface area contributed by atoms with Crippen LogP contribution < -0.4 is 5.32 Å². The fourth-order valence-corrected chi connectivity index (χ4v) is 2.15. The number of carbonyl (C=O) groups is 1. The van der Waals surface area contributed by atoms with Crippen LogP contribution in [-0.4, -0.2) is 33.9 Å². The molecule has 108 valence electrons. The van der Waals surface area contributed by atoms with Gasteiger partial charge in [-0.3, -0.25) is 9.48 Å². The zero-order valence-corrected chi connectivity index (χ0v) is 12.3. The Morgan fingerprint density at radius 3 is 2.68 bits per heavy atom. The van der Waals surface area contributed by atoms with Crippen molar-refractivity contribution in [3.05, 3.63) is 17.5 Å². The van der Waals surface area contributed by atoms with Crippen LogP contribution in [0, 0.1) is 18.8 Å². The van der Waals surface area contributed by atoms with Gasteiger partial charge in [0, 0.05) is 25.9 Å². The van der Waals surface area contributed by atoms with Crippen molar-refractivity contribution < 1.29 is 9.90 Å². The van der Waals surface area contributed by atoms with Crippen LogP contribution in [0.3, 0.4) is 0 Å². The summed E-state index contributed by atoms with van der Waals surface area (Å²) in [5.74, 6) is 0.736. The van der Waals surface area contributed by atoms with E-state index in [4.69, 9.17) is 5.11 Å². The van der Waals surface area contributed by atoms with Gasteiger partial charge in [0.1, 0.15) is 5.69 Å². The Balaban J connectivity index is 2.51. The van der Waals surface area contributed by atoms with E-state index >= 15 is 0 Å². The average Bonchev–Trinajstić information content (AvgIpc) is 2.66. The van der Waals surface area contributed by atoms with E-state index in [0.29, 0.717) is 24.1 Å². The Bertz CT molecular complexity index is 393. The van der Waals surface area contributed by atoms with E-state index in [2.05, 4.69) is 24.3 Å². The molecular formula is C14H25N3O2. The summed E-state index contributed by atoms with van der Waals surface area (Å²) in [6, 6.07) is 1.78. The van der Waals surface area contributed by atoms with Crippen molar-refractivity contribution in [3.8, 4) is 0 Å². The fraction of sp³-hybridized carbons (Fsp3) is 0.714. The van der Waals surface area contributed by atoms with Crippen LogP contribution >= 0.6 is 0 Å². The smallest absolute Gasteiger partial charge is 0.271 e. The summed E-state index contributed by atoms with van der Waals surface area (Å²) in [6.07, 6.45) is 1.72. The first-order chi connectivity index (χ1) is 8.93. The van der Waals surface area contributed by atoms with Crippen LogP contribution in [0.25, 0.3) is 0 Å². The molecule has 0 spiro atoms. The van der Waals surface area contributed by atoms with Gasteiger partial charge in [0.05, 0.1) is 0 Å². The molecule has 0 saturated heterocycles. The second-order valence-electron chi connectivity index (χ2n) is 5.51. The van der Waals surface area contributed by atoms with Crippen molar-refractivity contribution in [2.45, 2.75) is 33.6 Å². The summed E-state index contributed by atoms with van der Waals surface area (Å²) in [6.45, 7) is 6.96. The molecule has 1 aromatic rings. The second-order valence-corrected chi connectivity index (χ2v) is 5.51. The zero-order valence-electron chi connectivity index (χ0n) is 12.3. The highest BCUT2D eigenvalue weighted by Gasteiger charge is 2.15. The lowest BCUT2D eigenvalue weighted by atomic mass is 9.94. The van der Waals surface area contributed by atoms with Crippen LogP contribution in [0.4, 0.5) is 0 Å². The van der Waals surface area contributed by atoms with Crippen LogP contribution in [-0.2, 0) is 7.05 Å². The molecule has 2 N–H and O–H groups in total. The Morgan fingerprint density at radius 2 is 2.21 bits per heavy atom. The normalized spacial score (nSPS) is 12.7. The van der Waals surface area contributed by atoms with E-state index in [-0.39, 0.29) is 12.5 Å². The van der Waals surface area contributed by atoms with E-state index in [9.17, 15) is 4.79 Å². The molecule has 0 bridgehead atoms. The van der Waals surface area contributed by atoms with Crippen molar-refractivity contribution in [2.24, 2.45) is 18.9 Å². The second kappa shape index (κ2) is 7.28. The van der Waals surface area contributed by atoms with Gasteiger partial charge in [0.2, 0.25) is 0 Å². The quantitative estimate of drug-likeness (QED) is 0.787. The van der Waals surface area contributed by atoms with Crippen molar-refractivity contribution >= 4 is 5.91 Å². The maximum Gasteiger partial charge on any atom is 0.271 e. The number of carbonyl (C=O) groups excluding carboxylic acids is 1. The van der Waals surface area contributed by atoms with Crippen molar-refractivity contribution in [2.75, 3.05) is 13.2 Å². The number of hydrogen-bond acceptors (Lipinski definition) is 3. The molecular weight excluding hydrogens is 242 g/mol. The van der Waals surface area contributed by atoms with E-state index in [1.165, 1.54) is 0 Å². The van der Waals surface area contributed by atoms with E-state index in [0.717, 1.165) is 18.5 Å². The highest BCUT2D eigenvalue weighted by molar-refractivity contribution is 5.92. The van der Waals surface area contributed by atoms with Gasteiger partial charge in [-0.2, -0.15) is 5.10 Å². The summed E-state index contributed by atoms with van der Waals surface area (Å²) in [4.78, 5) is 12.0. The number of amides is 1. The molecule has 0 aliphatic rings. The lowest BCUT2D eigenvalue weighted by molar-refractivity contribution is 0.0935. The average molecular weight is 267 g/mol. The van der Waals surface area contributed by atoms with Gasteiger partial charge < -0.3 is 10.4 Å². The van der Waals surface area contributed by atoms with Gasteiger partial charge in [-0.1, -0.05) is 13.8 Å². The third-order valence-electron chi connectivity index (χ3n) is 3.24. The highest BCUT2D eigenvalue weighted by Crippen LogP contribution is 2.14. The molecule has 0 aliphatic heterocycles. The zero-order chi connectivity index (χ0) is 14.4. The number of aryl methyl sites for hydroxylation is 2. The minimum atomic E-state index is -0.143. The largest absolute Gasteiger partial charge is 0.396 e.